The third-order valence-corrected chi connectivity index (χ3v) is 14.4. The van der Waals surface area contributed by atoms with E-state index in [9.17, 15) is 0 Å². The van der Waals surface area contributed by atoms with Crippen molar-refractivity contribution in [2.45, 2.75) is 144 Å². The van der Waals surface area contributed by atoms with Crippen LogP contribution in [0.5, 0.6) is 0 Å². The lowest BCUT2D eigenvalue weighted by Gasteiger charge is -2.39. The Morgan fingerprint density at radius 1 is 0.984 bits per heavy atom. The van der Waals surface area contributed by atoms with Gasteiger partial charge in [0.1, 0.15) is 6.67 Å². The van der Waals surface area contributed by atoms with Gasteiger partial charge < -0.3 is 25.9 Å². The van der Waals surface area contributed by atoms with Gasteiger partial charge in [0, 0.05) is 66.3 Å². The monoisotopic (exact) mass is 859 g/mol. The van der Waals surface area contributed by atoms with Crippen molar-refractivity contribution in [3.63, 3.8) is 0 Å². The molecule has 1 aliphatic carbocycles. The molecule has 3 fully saturated rings. The number of nitrogens with one attached hydrogen (secondary N) is 3. The second-order valence-electron chi connectivity index (χ2n) is 19.9. The van der Waals surface area contributed by atoms with Crippen molar-refractivity contribution in [1.82, 2.24) is 35.5 Å². The van der Waals surface area contributed by atoms with Crippen LogP contribution < -0.4 is 21.8 Å². The lowest BCUT2D eigenvalue weighted by molar-refractivity contribution is 0.175. The second-order valence-corrected chi connectivity index (χ2v) is 19.9. The molecule has 3 aliphatic rings. The summed E-state index contributed by atoms with van der Waals surface area (Å²) in [4.78, 5) is 7.54. The van der Waals surface area contributed by atoms with Crippen LogP contribution in [0, 0.1) is 17.3 Å². The molecule has 0 bridgehead atoms. The molecule has 8 nitrogen and oxygen atoms in total. The van der Waals surface area contributed by atoms with Crippen LogP contribution in [-0.2, 0) is 26.1 Å². The van der Waals surface area contributed by atoms with Gasteiger partial charge in [-0.2, -0.15) is 0 Å². The fraction of sp³-hybridized carbons (Fsp3) is 0.574. The summed E-state index contributed by atoms with van der Waals surface area (Å²) in [6.45, 7) is 29.6. The van der Waals surface area contributed by atoms with Crippen LogP contribution >= 0.6 is 0 Å². The Hall–Kier alpha value is -4.02. The summed E-state index contributed by atoms with van der Waals surface area (Å²) in [5, 5.41) is 11.1. The molecule has 4 atom stereocenters. The van der Waals surface area contributed by atoms with Crippen molar-refractivity contribution in [1.29, 1.82) is 0 Å². The molecule has 2 aromatic heterocycles. The lowest BCUT2D eigenvalue weighted by Crippen LogP contribution is -2.51. The molecule has 63 heavy (non-hydrogen) atoms. The van der Waals surface area contributed by atoms with Gasteiger partial charge in [-0.1, -0.05) is 78.3 Å². The van der Waals surface area contributed by atoms with Gasteiger partial charge >= 0.3 is 0 Å². The van der Waals surface area contributed by atoms with Gasteiger partial charge in [-0.05, 0) is 160 Å². The molecule has 342 valence electrons. The van der Waals surface area contributed by atoms with E-state index >= 15 is 4.39 Å². The Kier molecular flexibility index (Phi) is 15.9. The van der Waals surface area contributed by atoms with E-state index < -0.39 is 6.67 Å². The molecule has 0 amide bonds. The van der Waals surface area contributed by atoms with Crippen molar-refractivity contribution in [2.75, 3.05) is 39.3 Å². The van der Waals surface area contributed by atoms with Crippen LogP contribution in [0.1, 0.15) is 128 Å². The van der Waals surface area contributed by atoms with Crippen LogP contribution in [0.15, 0.2) is 79.3 Å². The number of pyridine rings is 1. The van der Waals surface area contributed by atoms with E-state index in [0.29, 0.717) is 23.8 Å². The predicted molar refractivity (Wildman–Crippen MR) is 263 cm³/mol. The van der Waals surface area contributed by atoms with Gasteiger partial charge in [-0.3, -0.25) is 9.88 Å². The molecule has 0 spiro atoms. The highest BCUT2D eigenvalue weighted by Gasteiger charge is 2.37. The Morgan fingerprint density at radius 3 is 2.48 bits per heavy atom. The van der Waals surface area contributed by atoms with E-state index in [-0.39, 0.29) is 23.5 Å². The molecule has 1 saturated carbocycles. The Labute approximate surface area is 379 Å². The number of likely N-dealkylation sites (tertiary alicyclic amines) is 1. The molecule has 2 aromatic carbocycles. The van der Waals surface area contributed by atoms with E-state index in [1.807, 2.05) is 25.3 Å². The summed E-state index contributed by atoms with van der Waals surface area (Å²) in [5.74, 6) is 1.27. The third kappa shape index (κ3) is 10.9. The molecule has 7 rings (SSSR count). The van der Waals surface area contributed by atoms with E-state index in [0.717, 1.165) is 117 Å². The Balaban J connectivity index is 1.27. The number of aryl methyl sites for hydroxylation is 1. The van der Waals surface area contributed by atoms with Crippen LogP contribution in [0.2, 0.25) is 0 Å². The molecular formula is C54H79FN8. The average molecular weight is 859 g/mol. The Morgan fingerprint density at radius 2 is 1.78 bits per heavy atom. The van der Waals surface area contributed by atoms with Gasteiger partial charge in [0.15, 0.2) is 0 Å². The predicted octanol–water partition coefficient (Wildman–Crippen LogP) is 10.9. The SMILES string of the molecule is C=C(NC(Cc1cc(CF)cc(-c2ccc3c(c2)c(CC(C)(C)CCC)c(-c2cccnc2C(C)N)n3CC)c1)C(=C)N1CCCCN1)C(C1CCCC1)N1CCC(CNCC)C1. The molecule has 0 radical (unpaired) electrons. The standard InChI is InChI=1S/C54H79FN8/c1-9-23-54(7,8)33-48-47-32-44(20-21-50(47)62(11-3)53(48)46-19-16-24-58-51(46)37(4)56)45-29-41(28-42(30-45)34-55)31-49(39(6)63-26-15-14-25-59-63)60-38(5)52(43-17-12-13-18-43)61-27-22-40(36-61)35-57-10-2/h16,19-21,24,28-30,32,37,40,43,49,52,57,59-60H,5-6,9-15,17-18,22-23,25-27,31,33-36,56H2,1-4,7-8H3. The van der Waals surface area contributed by atoms with Gasteiger partial charge in [0.25, 0.3) is 0 Å². The first-order valence-corrected chi connectivity index (χ1v) is 24.6. The highest BCUT2D eigenvalue weighted by atomic mass is 19.1. The number of rotatable bonds is 21. The minimum Gasteiger partial charge on any atom is -0.379 e. The molecule has 9 heteroatoms. The van der Waals surface area contributed by atoms with E-state index in [1.165, 1.54) is 54.3 Å². The minimum atomic E-state index is -0.525. The highest BCUT2D eigenvalue weighted by Crippen LogP contribution is 2.43. The topological polar surface area (TPSA) is 86.4 Å². The highest BCUT2D eigenvalue weighted by molar-refractivity contribution is 5.95. The van der Waals surface area contributed by atoms with E-state index in [1.54, 1.807) is 0 Å². The number of halogens is 1. The summed E-state index contributed by atoms with van der Waals surface area (Å²) in [6, 6.07) is 17.5. The van der Waals surface area contributed by atoms with E-state index in [4.69, 9.17) is 23.9 Å². The van der Waals surface area contributed by atoms with Crippen molar-refractivity contribution in [3.05, 3.63) is 102 Å². The maximum atomic E-state index is 15.0. The third-order valence-electron chi connectivity index (χ3n) is 14.4. The average Bonchev–Trinajstić information content (AvgIpc) is 4.05. The van der Waals surface area contributed by atoms with Crippen molar-refractivity contribution >= 4 is 10.9 Å². The number of hydrazine groups is 1. The second kappa shape index (κ2) is 21.3. The molecule has 2 saturated heterocycles. The van der Waals surface area contributed by atoms with Gasteiger partial charge in [0.05, 0.1) is 23.5 Å². The normalized spacial score (nSPS) is 19.2. The first-order chi connectivity index (χ1) is 30.4. The van der Waals surface area contributed by atoms with E-state index in [2.05, 4.69) is 102 Å². The largest absolute Gasteiger partial charge is 0.379 e. The maximum absolute atomic E-state index is 15.0. The summed E-state index contributed by atoms with van der Waals surface area (Å²) in [6.07, 6.45) is 14.3. The first-order valence-electron chi connectivity index (χ1n) is 24.6. The number of benzene rings is 2. The quantitative estimate of drug-likeness (QED) is 0.0664. The zero-order valence-electron chi connectivity index (χ0n) is 39.7. The van der Waals surface area contributed by atoms with Crippen LogP contribution in [-0.4, -0.2) is 70.8 Å². The zero-order valence-corrected chi connectivity index (χ0v) is 39.7. The van der Waals surface area contributed by atoms with Crippen molar-refractivity contribution in [2.24, 2.45) is 23.0 Å². The molecule has 5 N–H and O–H groups in total. The molecule has 4 aromatic rings. The maximum Gasteiger partial charge on any atom is 0.115 e. The number of nitrogens with two attached hydrogens (primary N) is 1. The molecule has 4 heterocycles. The number of aromatic nitrogens is 2. The van der Waals surface area contributed by atoms with Crippen molar-refractivity contribution < 1.29 is 4.39 Å². The number of fused-ring (bicyclic) bond motifs is 1. The van der Waals surface area contributed by atoms with Gasteiger partial charge in [-0.25, -0.2) is 9.82 Å². The number of alkyl halides is 1. The fourth-order valence-electron chi connectivity index (χ4n) is 11.4. The lowest BCUT2D eigenvalue weighted by atomic mass is 9.80. The minimum absolute atomic E-state index is 0.0848. The molecule has 4 unspecified atom stereocenters. The van der Waals surface area contributed by atoms with Crippen LogP contribution in [0.25, 0.3) is 33.3 Å². The number of nitrogens with zero attached hydrogens (tertiary/aromatic N) is 4. The summed E-state index contributed by atoms with van der Waals surface area (Å²) < 4.78 is 17.5. The van der Waals surface area contributed by atoms with Crippen molar-refractivity contribution in [3.8, 4) is 22.4 Å². The summed E-state index contributed by atoms with van der Waals surface area (Å²) in [7, 11) is 0. The summed E-state index contributed by atoms with van der Waals surface area (Å²) >= 11 is 0. The fourth-order valence-corrected chi connectivity index (χ4v) is 11.4. The number of hydrogen-bond acceptors (Lipinski definition) is 7. The van der Waals surface area contributed by atoms with Crippen LogP contribution in [0.4, 0.5) is 4.39 Å². The molecule has 2 aliphatic heterocycles. The van der Waals surface area contributed by atoms with Crippen LogP contribution in [0.3, 0.4) is 0 Å². The zero-order chi connectivity index (χ0) is 44.7. The molecular weight excluding hydrogens is 780 g/mol. The first kappa shape index (κ1) is 47.0. The van der Waals surface area contributed by atoms with Gasteiger partial charge in [-0.15, -0.1) is 0 Å². The Bertz CT molecular complexity index is 2160. The summed E-state index contributed by atoms with van der Waals surface area (Å²) in [5.41, 5.74) is 22.1. The van der Waals surface area contributed by atoms with Gasteiger partial charge in [0.2, 0.25) is 0 Å². The number of hydrogen-bond donors (Lipinski definition) is 4. The smallest absolute Gasteiger partial charge is 0.115 e.